The van der Waals surface area contributed by atoms with Crippen LogP contribution in [0.2, 0.25) is 0 Å². The van der Waals surface area contributed by atoms with Crippen LogP contribution in [0, 0.1) is 5.41 Å². The lowest BCUT2D eigenvalue weighted by Crippen LogP contribution is -2.05. The average molecular weight is 189 g/mol. The van der Waals surface area contributed by atoms with Crippen LogP contribution in [-0.4, -0.2) is 21.9 Å². The molecule has 0 bridgehead atoms. The van der Waals surface area contributed by atoms with Crippen molar-refractivity contribution in [1.29, 1.82) is 5.41 Å². The molecule has 4 heteroatoms. The molecule has 0 saturated carbocycles. The third kappa shape index (κ3) is 1.46. The second-order valence-electron chi connectivity index (χ2n) is 2.87. The molecule has 2 heterocycles. The Morgan fingerprint density at radius 3 is 3.21 bits per heavy atom. The third-order valence-corrected chi connectivity index (χ3v) is 1.94. The molecule has 2 rings (SSSR count). The maximum Gasteiger partial charge on any atom is 0.214 e. The van der Waals surface area contributed by atoms with Gasteiger partial charge in [0, 0.05) is 18.6 Å². The normalized spacial score (nSPS) is 10.4. The van der Waals surface area contributed by atoms with Crippen molar-refractivity contribution in [3.8, 4) is 0 Å². The van der Waals surface area contributed by atoms with E-state index < -0.39 is 0 Å². The molecule has 0 aliphatic rings. The van der Waals surface area contributed by atoms with Gasteiger partial charge in [0.15, 0.2) is 0 Å². The van der Waals surface area contributed by atoms with E-state index in [0.717, 1.165) is 11.2 Å². The Balaban J connectivity index is 2.38. The van der Waals surface area contributed by atoms with Gasteiger partial charge in [-0.3, -0.25) is 5.41 Å². The summed E-state index contributed by atoms with van der Waals surface area (Å²) in [6.07, 6.45) is 5.40. The maximum absolute atomic E-state index is 7.60. The molecule has 72 valence electrons. The number of rotatable bonds is 2. The number of nitrogens with zero attached hydrogens (tertiary/aromatic N) is 2. The molecule has 0 aliphatic carbocycles. The van der Waals surface area contributed by atoms with E-state index in [0.29, 0.717) is 6.61 Å². The van der Waals surface area contributed by atoms with E-state index in [-0.39, 0.29) is 5.90 Å². The summed E-state index contributed by atoms with van der Waals surface area (Å²) in [6, 6.07) is 3.70. The van der Waals surface area contributed by atoms with Gasteiger partial charge in [0.2, 0.25) is 5.90 Å². The minimum absolute atomic E-state index is 0.197. The summed E-state index contributed by atoms with van der Waals surface area (Å²) in [5.41, 5.74) is 1.63. The third-order valence-electron chi connectivity index (χ3n) is 1.94. The van der Waals surface area contributed by atoms with Gasteiger partial charge in [-0.25, -0.2) is 4.98 Å². The maximum atomic E-state index is 7.60. The number of aromatic nitrogens is 2. The van der Waals surface area contributed by atoms with Crippen molar-refractivity contribution < 1.29 is 4.74 Å². The summed E-state index contributed by atoms with van der Waals surface area (Å²) >= 11 is 0. The largest absolute Gasteiger partial charge is 0.478 e. The van der Waals surface area contributed by atoms with Gasteiger partial charge in [-0.1, -0.05) is 0 Å². The van der Waals surface area contributed by atoms with E-state index in [1.807, 2.05) is 35.9 Å². The molecule has 0 spiro atoms. The Morgan fingerprint density at radius 1 is 1.57 bits per heavy atom. The molecule has 0 atom stereocenters. The summed E-state index contributed by atoms with van der Waals surface area (Å²) in [5.74, 6) is 0.197. The van der Waals surface area contributed by atoms with Crippen molar-refractivity contribution in [3.63, 3.8) is 0 Å². The van der Waals surface area contributed by atoms with Crippen LogP contribution in [0.25, 0.3) is 5.65 Å². The van der Waals surface area contributed by atoms with Crippen LogP contribution in [0.3, 0.4) is 0 Å². The number of fused-ring (bicyclic) bond motifs is 1. The van der Waals surface area contributed by atoms with Gasteiger partial charge in [0.05, 0.1) is 12.2 Å². The number of hydrogen-bond donors (Lipinski definition) is 1. The van der Waals surface area contributed by atoms with E-state index in [9.17, 15) is 0 Å². The van der Waals surface area contributed by atoms with Gasteiger partial charge in [-0.2, -0.15) is 0 Å². The predicted octanol–water partition coefficient (Wildman–Crippen LogP) is 1.70. The van der Waals surface area contributed by atoms with Crippen LogP contribution in [-0.2, 0) is 4.74 Å². The van der Waals surface area contributed by atoms with Crippen molar-refractivity contribution in [2.45, 2.75) is 6.92 Å². The van der Waals surface area contributed by atoms with Gasteiger partial charge in [0.25, 0.3) is 0 Å². The molecule has 4 nitrogen and oxygen atoms in total. The number of imidazole rings is 1. The average Bonchev–Trinajstić information content (AvgIpc) is 2.64. The fraction of sp³-hybridized carbons (Fsp3) is 0.200. The summed E-state index contributed by atoms with van der Waals surface area (Å²) in [6.45, 7) is 2.38. The first-order valence-corrected chi connectivity index (χ1v) is 4.45. The van der Waals surface area contributed by atoms with Crippen LogP contribution in [0.5, 0.6) is 0 Å². The molecular formula is C10H11N3O. The van der Waals surface area contributed by atoms with E-state index in [4.69, 9.17) is 10.1 Å². The van der Waals surface area contributed by atoms with Gasteiger partial charge >= 0.3 is 0 Å². The number of pyridine rings is 1. The highest BCUT2D eigenvalue weighted by Crippen LogP contribution is 2.05. The second kappa shape index (κ2) is 3.49. The molecule has 2 aromatic rings. The molecule has 1 N–H and O–H groups in total. The van der Waals surface area contributed by atoms with Gasteiger partial charge in [-0.15, -0.1) is 0 Å². The van der Waals surface area contributed by atoms with Crippen molar-refractivity contribution in [1.82, 2.24) is 9.38 Å². The highest BCUT2D eigenvalue weighted by molar-refractivity contribution is 5.91. The predicted molar refractivity (Wildman–Crippen MR) is 53.6 cm³/mol. The number of hydrogen-bond acceptors (Lipinski definition) is 3. The molecule has 2 aromatic heterocycles. The van der Waals surface area contributed by atoms with Crippen LogP contribution in [0.4, 0.5) is 0 Å². The molecule has 0 unspecified atom stereocenters. The summed E-state index contributed by atoms with van der Waals surface area (Å²) in [7, 11) is 0. The molecule has 0 fully saturated rings. The standard InChI is InChI=1S/C10H11N3O/c1-2-14-10(11)8-3-4-9-12-5-6-13(9)7-8/h3-7,11H,2H2,1H3. The first-order valence-electron chi connectivity index (χ1n) is 4.45. The zero-order valence-corrected chi connectivity index (χ0v) is 7.90. The summed E-state index contributed by atoms with van der Waals surface area (Å²) < 4.78 is 6.97. The van der Waals surface area contributed by atoms with Crippen LogP contribution in [0.1, 0.15) is 12.5 Å². The minimum atomic E-state index is 0.197. The Hall–Kier alpha value is -1.84. The Kier molecular flexibility index (Phi) is 2.18. The van der Waals surface area contributed by atoms with Gasteiger partial charge in [0.1, 0.15) is 5.65 Å². The molecule has 0 saturated heterocycles. The van der Waals surface area contributed by atoms with Crippen molar-refractivity contribution in [2.24, 2.45) is 0 Å². The first-order chi connectivity index (χ1) is 6.81. The van der Waals surface area contributed by atoms with Gasteiger partial charge < -0.3 is 9.14 Å². The van der Waals surface area contributed by atoms with Crippen LogP contribution >= 0.6 is 0 Å². The van der Waals surface area contributed by atoms with Crippen LogP contribution < -0.4 is 0 Å². The van der Waals surface area contributed by atoms with Crippen molar-refractivity contribution in [2.75, 3.05) is 6.61 Å². The lowest BCUT2D eigenvalue weighted by Gasteiger charge is -2.04. The Bertz CT molecular complexity index is 461. The fourth-order valence-corrected chi connectivity index (χ4v) is 1.28. The monoisotopic (exact) mass is 189 g/mol. The molecular weight excluding hydrogens is 178 g/mol. The molecule has 0 aliphatic heterocycles. The number of nitrogens with one attached hydrogen (secondary N) is 1. The lowest BCUT2D eigenvalue weighted by molar-refractivity contribution is 0.325. The van der Waals surface area contributed by atoms with Gasteiger partial charge in [-0.05, 0) is 19.1 Å². The number of ether oxygens (including phenoxy) is 1. The zero-order valence-electron chi connectivity index (χ0n) is 7.90. The van der Waals surface area contributed by atoms with E-state index in [2.05, 4.69) is 4.98 Å². The van der Waals surface area contributed by atoms with Crippen LogP contribution in [0.15, 0.2) is 30.7 Å². The summed E-state index contributed by atoms with van der Waals surface area (Å²) in [4.78, 5) is 4.12. The minimum Gasteiger partial charge on any atom is -0.478 e. The summed E-state index contributed by atoms with van der Waals surface area (Å²) in [5, 5.41) is 7.60. The molecule has 0 amide bonds. The van der Waals surface area contributed by atoms with E-state index in [1.54, 1.807) is 6.20 Å². The Morgan fingerprint density at radius 2 is 2.43 bits per heavy atom. The Labute approximate surface area is 81.7 Å². The van der Waals surface area contributed by atoms with E-state index in [1.165, 1.54) is 0 Å². The topological polar surface area (TPSA) is 50.4 Å². The highest BCUT2D eigenvalue weighted by atomic mass is 16.5. The second-order valence-corrected chi connectivity index (χ2v) is 2.87. The lowest BCUT2D eigenvalue weighted by atomic mass is 10.3. The molecule has 14 heavy (non-hydrogen) atoms. The smallest absolute Gasteiger partial charge is 0.214 e. The van der Waals surface area contributed by atoms with Crippen molar-refractivity contribution >= 4 is 11.5 Å². The van der Waals surface area contributed by atoms with E-state index >= 15 is 0 Å². The zero-order chi connectivity index (χ0) is 9.97. The highest BCUT2D eigenvalue weighted by Gasteiger charge is 2.02. The fourth-order valence-electron chi connectivity index (χ4n) is 1.28. The molecule has 0 radical (unpaired) electrons. The van der Waals surface area contributed by atoms with Crippen molar-refractivity contribution in [3.05, 3.63) is 36.3 Å². The molecule has 0 aromatic carbocycles. The quantitative estimate of drug-likeness (QED) is 0.577. The SMILES string of the molecule is CCOC(=N)c1ccc2nccn2c1. The first kappa shape index (κ1) is 8.74.